The van der Waals surface area contributed by atoms with E-state index >= 15 is 0 Å². The number of nitrogens with zero attached hydrogens (tertiary/aromatic N) is 2. The maximum atomic E-state index is 13.8. The van der Waals surface area contributed by atoms with E-state index in [9.17, 15) is 14.7 Å². The van der Waals surface area contributed by atoms with Gasteiger partial charge in [-0.05, 0) is 31.0 Å². The molecule has 1 N–H and O–H groups in total. The Morgan fingerprint density at radius 1 is 1.22 bits per heavy atom. The third kappa shape index (κ3) is 3.14. The number of aliphatic hydroxyl groups is 1. The molecule has 7 heteroatoms. The summed E-state index contributed by atoms with van der Waals surface area (Å²) in [7, 11) is -1.42. The highest BCUT2D eigenvalue weighted by atomic mass is 28.3. The van der Waals surface area contributed by atoms with Gasteiger partial charge in [-0.15, -0.1) is 0 Å². The normalized spacial score (nSPS) is 21.8. The third-order valence-electron chi connectivity index (χ3n) is 6.73. The number of benzene rings is 1. The summed E-state index contributed by atoms with van der Waals surface area (Å²) in [6, 6.07) is 12.6. The summed E-state index contributed by atoms with van der Waals surface area (Å²) >= 11 is 0. The first-order valence-corrected chi connectivity index (χ1v) is 14.9. The number of carbonyl (C=O) groups excluding carboxylic acids is 1. The number of rotatable bonds is 4. The van der Waals surface area contributed by atoms with Crippen LogP contribution < -0.4 is 5.56 Å². The van der Waals surface area contributed by atoms with Gasteiger partial charge in [0.2, 0.25) is 0 Å². The molecule has 0 aliphatic carbocycles. The van der Waals surface area contributed by atoms with Crippen molar-refractivity contribution in [1.29, 1.82) is 0 Å². The molecular formula is C25H28N2O4Si. The van der Waals surface area contributed by atoms with E-state index in [4.69, 9.17) is 9.72 Å². The van der Waals surface area contributed by atoms with E-state index in [1.165, 1.54) is 0 Å². The summed E-state index contributed by atoms with van der Waals surface area (Å²) in [4.78, 5) is 31.5. The van der Waals surface area contributed by atoms with E-state index in [1.807, 2.05) is 24.3 Å². The van der Waals surface area contributed by atoms with Crippen molar-refractivity contribution in [3.05, 3.63) is 63.4 Å². The predicted octanol–water partition coefficient (Wildman–Crippen LogP) is 4.35. The topological polar surface area (TPSA) is 81.4 Å². The van der Waals surface area contributed by atoms with Crippen molar-refractivity contribution in [1.82, 2.24) is 9.55 Å². The van der Waals surface area contributed by atoms with Crippen LogP contribution >= 0.6 is 0 Å². The number of carbonyl (C=O) groups is 1. The second-order valence-corrected chi connectivity index (χ2v) is 15.8. The zero-order valence-electron chi connectivity index (χ0n) is 18.9. The van der Waals surface area contributed by atoms with Crippen molar-refractivity contribution in [2.24, 2.45) is 0 Å². The minimum absolute atomic E-state index is 0.139. The molecule has 166 valence electrons. The summed E-state index contributed by atoms with van der Waals surface area (Å²) in [5.74, 6) is -0.665. The van der Waals surface area contributed by atoms with Crippen LogP contribution in [0.1, 0.15) is 42.6 Å². The Morgan fingerprint density at radius 3 is 2.69 bits per heavy atom. The van der Waals surface area contributed by atoms with Crippen LogP contribution in [0.5, 0.6) is 0 Å². The van der Waals surface area contributed by atoms with Crippen molar-refractivity contribution >= 4 is 24.9 Å². The number of aromatic nitrogens is 2. The van der Waals surface area contributed by atoms with Crippen molar-refractivity contribution in [3.63, 3.8) is 0 Å². The Hall–Kier alpha value is -2.77. The number of ether oxygens (including phenoxy) is 1. The van der Waals surface area contributed by atoms with Gasteiger partial charge in [-0.1, -0.05) is 50.8 Å². The van der Waals surface area contributed by atoms with Crippen molar-refractivity contribution in [3.8, 4) is 11.4 Å². The maximum Gasteiger partial charge on any atom is 0.343 e. The van der Waals surface area contributed by atoms with E-state index in [0.717, 1.165) is 28.2 Å². The first kappa shape index (κ1) is 21.1. The van der Waals surface area contributed by atoms with Gasteiger partial charge in [0.25, 0.3) is 5.56 Å². The predicted molar refractivity (Wildman–Crippen MR) is 126 cm³/mol. The zero-order chi connectivity index (χ0) is 22.8. The average molecular weight is 449 g/mol. The molecule has 2 aliphatic rings. The van der Waals surface area contributed by atoms with Gasteiger partial charge in [0.15, 0.2) is 5.60 Å². The number of hydrogen-bond donors (Lipinski definition) is 1. The Balaban J connectivity index is 1.72. The summed E-state index contributed by atoms with van der Waals surface area (Å²) in [6.45, 7) is 8.92. The summed E-state index contributed by atoms with van der Waals surface area (Å²) in [6.07, 6.45) is 0.107. The molecule has 0 fully saturated rings. The molecule has 0 saturated carbocycles. The first-order chi connectivity index (χ1) is 15.1. The highest BCUT2D eigenvalue weighted by Gasteiger charge is 2.48. The Morgan fingerprint density at radius 2 is 1.97 bits per heavy atom. The molecule has 5 rings (SSSR count). The fourth-order valence-corrected chi connectivity index (χ4v) is 5.97. The van der Waals surface area contributed by atoms with Crippen molar-refractivity contribution in [2.75, 3.05) is 0 Å². The summed E-state index contributed by atoms with van der Waals surface area (Å²) < 4.78 is 7.41. The Kier molecular flexibility index (Phi) is 4.69. The zero-order valence-corrected chi connectivity index (χ0v) is 19.9. The molecule has 6 nitrogen and oxygen atoms in total. The fourth-order valence-electron chi connectivity index (χ4n) is 4.84. The highest BCUT2D eigenvalue weighted by Crippen LogP contribution is 2.43. The quantitative estimate of drug-likeness (QED) is 0.371. The van der Waals surface area contributed by atoms with Gasteiger partial charge < -0.3 is 14.4 Å². The van der Waals surface area contributed by atoms with Crippen LogP contribution in [0.25, 0.3) is 22.3 Å². The largest absolute Gasteiger partial charge is 0.455 e. The number of esters is 1. The second kappa shape index (κ2) is 7.12. The van der Waals surface area contributed by atoms with Gasteiger partial charge in [0, 0.05) is 24.6 Å². The SMILES string of the molecule is CC[C@@]1(O)C(=O)OC(CC[Si](C)(C)C)c2c1cc1n(c2=O)Cc2cc3ccccc3nc2-1. The molecule has 0 radical (unpaired) electrons. The molecular weight excluding hydrogens is 420 g/mol. The van der Waals surface area contributed by atoms with E-state index in [1.54, 1.807) is 17.6 Å². The molecule has 2 aromatic heterocycles. The van der Waals surface area contributed by atoms with Crippen LogP contribution in [0.4, 0.5) is 0 Å². The van der Waals surface area contributed by atoms with Gasteiger partial charge >= 0.3 is 5.97 Å². The monoisotopic (exact) mass is 448 g/mol. The van der Waals surface area contributed by atoms with Gasteiger partial charge in [0.05, 0.1) is 29.0 Å². The molecule has 1 aromatic carbocycles. The van der Waals surface area contributed by atoms with Crippen LogP contribution in [0.2, 0.25) is 25.7 Å². The van der Waals surface area contributed by atoms with Gasteiger partial charge in [-0.25, -0.2) is 9.78 Å². The standard InChI is InChI=1S/C25H28N2O4Si/c1-5-25(30)17-13-19-22-16(12-15-8-6-7-9-18(15)26-22)14-27(19)23(28)21(17)20(31-24(25)29)10-11-32(2,3)4/h6-9,12-13,20,30H,5,10-11,14H2,1-4H3/t20?,25-/m0/s1. The Labute approximate surface area is 187 Å². The summed E-state index contributed by atoms with van der Waals surface area (Å²) in [5, 5.41) is 12.3. The van der Waals surface area contributed by atoms with E-state index in [-0.39, 0.29) is 12.0 Å². The van der Waals surface area contributed by atoms with Crippen LogP contribution in [-0.2, 0) is 21.7 Å². The first-order valence-electron chi connectivity index (χ1n) is 11.2. The number of pyridine rings is 2. The third-order valence-corrected chi connectivity index (χ3v) is 8.52. The highest BCUT2D eigenvalue weighted by molar-refractivity contribution is 6.76. The Bertz CT molecular complexity index is 1320. The lowest BCUT2D eigenvalue weighted by atomic mass is 9.83. The van der Waals surface area contributed by atoms with Crippen LogP contribution in [0, 0.1) is 0 Å². The molecule has 2 atom stereocenters. The number of fused-ring (bicyclic) bond motifs is 5. The lowest BCUT2D eigenvalue weighted by Gasteiger charge is -2.36. The van der Waals surface area contributed by atoms with Crippen molar-refractivity contribution in [2.45, 2.75) is 63.7 Å². The molecule has 0 saturated heterocycles. The second-order valence-electron chi connectivity index (χ2n) is 10.1. The molecule has 0 bridgehead atoms. The van der Waals surface area contributed by atoms with Crippen molar-refractivity contribution < 1.29 is 14.6 Å². The molecule has 4 heterocycles. The minimum Gasteiger partial charge on any atom is -0.455 e. The average Bonchev–Trinajstić information content (AvgIpc) is 3.11. The summed E-state index contributed by atoms with van der Waals surface area (Å²) in [5.41, 5.74) is 2.00. The van der Waals surface area contributed by atoms with Crippen LogP contribution in [0.15, 0.2) is 41.2 Å². The lowest BCUT2D eigenvalue weighted by Crippen LogP contribution is -2.46. The molecule has 32 heavy (non-hydrogen) atoms. The smallest absolute Gasteiger partial charge is 0.343 e. The number of para-hydroxylation sites is 1. The van der Waals surface area contributed by atoms with E-state index < -0.39 is 25.7 Å². The number of hydrogen-bond acceptors (Lipinski definition) is 5. The van der Waals surface area contributed by atoms with Gasteiger partial charge in [-0.2, -0.15) is 0 Å². The minimum atomic E-state index is -1.82. The maximum absolute atomic E-state index is 13.8. The van der Waals surface area contributed by atoms with E-state index in [0.29, 0.717) is 29.8 Å². The molecule has 2 aliphatic heterocycles. The van der Waals surface area contributed by atoms with E-state index in [2.05, 4.69) is 25.7 Å². The fraction of sp³-hybridized carbons (Fsp3) is 0.400. The number of cyclic esters (lactones) is 1. The molecule has 1 unspecified atom stereocenters. The molecule has 0 amide bonds. The lowest BCUT2D eigenvalue weighted by molar-refractivity contribution is -0.178. The van der Waals surface area contributed by atoms with Gasteiger partial charge in [0.1, 0.15) is 6.10 Å². The molecule has 3 aromatic rings. The van der Waals surface area contributed by atoms with Gasteiger partial charge in [-0.3, -0.25) is 4.79 Å². The van der Waals surface area contributed by atoms with Crippen LogP contribution in [-0.4, -0.2) is 28.7 Å². The van der Waals surface area contributed by atoms with Crippen LogP contribution in [0.3, 0.4) is 0 Å². The molecule has 0 spiro atoms.